The Morgan fingerprint density at radius 3 is 2.57 bits per heavy atom. The maximum atomic E-state index is 10.9. The molecule has 1 rings (SSSR count). The predicted octanol–water partition coefficient (Wildman–Crippen LogP) is 0.625. The van der Waals surface area contributed by atoms with E-state index in [4.69, 9.17) is 9.47 Å². The second kappa shape index (κ2) is 4.55. The largest absolute Gasteiger partial charge is 0.480 e. The molecule has 76 valence electrons. The molecule has 0 aliphatic carbocycles. The summed E-state index contributed by atoms with van der Waals surface area (Å²) >= 11 is 0. The van der Waals surface area contributed by atoms with Gasteiger partial charge in [0.25, 0.3) is 0 Å². The highest BCUT2D eigenvalue weighted by atomic mass is 16.5. The third kappa shape index (κ3) is 2.42. The van der Waals surface area contributed by atoms with Crippen molar-refractivity contribution in [1.29, 1.82) is 0 Å². The van der Waals surface area contributed by atoms with Gasteiger partial charge < -0.3 is 9.47 Å². The molecule has 0 spiro atoms. The number of hydrogen-bond acceptors (Lipinski definition) is 5. The van der Waals surface area contributed by atoms with Gasteiger partial charge in [0.15, 0.2) is 0 Å². The molecule has 1 heterocycles. The zero-order valence-corrected chi connectivity index (χ0v) is 8.40. The van der Waals surface area contributed by atoms with E-state index in [-0.39, 0.29) is 12.2 Å². The molecule has 0 amide bonds. The highest BCUT2D eigenvalue weighted by molar-refractivity contribution is 5.78. The van der Waals surface area contributed by atoms with Gasteiger partial charge in [-0.2, -0.15) is 0 Å². The molecule has 0 bridgehead atoms. The number of aromatic nitrogens is 2. The third-order valence-electron chi connectivity index (χ3n) is 1.65. The summed E-state index contributed by atoms with van der Waals surface area (Å²) in [4.78, 5) is 10.9. The van der Waals surface area contributed by atoms with Gasteiger partial charge in [-0.15, -0.1) is 10.2 Å². The summed E-state index contributed by atoms with van der Waals surface area (Å²) in [5.41, 5.74) is 0.687. The van der Waals surface area contributed by atoms with Crippen LogP contribution in [0.5, 0.6) is 11.8 Å². The molecule has 0 N–H and O–H groups in total. The Morgan fingerprint density at radius 1 is 1.36 bits per heavy atom. The lowest BCUT2D eigenvalue weighted by molar-refractivity contribution is -0.116. The zero-order chi connectivity index (χ0) is 10.6. The fourth-order valence-electron chi connectivity index (χ4n) is 1.07. The van der Waals surface area contributed by atoms with Crippen molar-refractivity contribution >= 4 is 5.78 Å². The topological polar surface area (TPSA) is 61.3 Å². The molecule has 0 aromatic carbocycles. The number of hydrogen-bond donors (Lipinski definition) is 0. The van der Waals surface area contributed by atoms with Crippen molar-refractivity contribution in [3.63, 3.8) is 0 Å². The number of Topliss-reactive ketones (excluding diaryl/α,β-unsaturated/α-hetero) is 1. The van der Waals surface area contributed by atoms with Gasteiger partial charge in [-0.3, -0.25) is 4.79 Å². The molecule has 0 unspecified atom stereocenters. The van der Waals surface area contributed by atoms with Crippen LogP contribution in [-0.4, -0.2) is 30.2 Å². The Balaban J connectivity index is 3.01. The van der Waals surface area contributed by atoms with Crippen LogP contribution in [0.3, 0.4) is 0 Å². The van der Waals surface area contributed by atoms with Gasteiger partial charge in [0.2, 0.25) is 11.8 Å². The normalized spacial score (nSPS) is 9.64. The number of carbonyl (C=O) groups is 1. The third-order valence-corrected chi connectivity index (χ3v) is 1.65. The molecular weight excluding hydrogens is 184 g/mol. The van der Waals surface area contributed by atoms with Crippen LogP contribution in [-0.2, 0) is 11.2 Å². The number of methoxy groups -OCH3 is 2. The first-order valence-corrected chi connectivity index (χ1v) is 4.11. The summed E-state index contributed by atoms with van der Waals surface area (Å²) < 4.78 is 9.86. The summed E-state index contributed by atoms with van der Waals surface area (Å²) in [7, 11) is 2.98. The summed E-state index contributed by atoms with van der Waals surface area (Å²) in [6.45, 7) is 1.51. The van der Waals surface area contributed by atoms with E-state index in [1.165, 1.54) is 21.1 Å². The molecule has 0 radical (unpaired) electrons. The van der Waals surface area contributed by atoms with E-state index in [1.54, 1.807) is 6.07 Å². The lowest BCUT2D eigenvalue weighted by atomic mass is 10.1. The van der Waals surface area contributed by atoms with Crippen LogP contribution in [0.2, 0.25) is 0 Å². The molecule has 1 aromatic heterocycles. The van der Waals surface area contributed by atoms with Crippen LogP contribution in [0, 0.1) is 0 Å². The van der Waals surface area contributed by atoms with E-state index in [0.717, 1.165) is 0 Å². The molecular formula is C9H12N2O3. The summed E-state index contributed by atoms with van der Waals surface area (Å²) in [5, 5.41) is 7.50. The van der Waals surface area contributed by atoms with E-state index in [9.17, 15) is 4.79 Å². The van der Waals surface area contributed by atoms with Gasteiger partial charge in [0, 0.05) is 18.1 Å². The average molecular weight is 196 g/mol. The number of rotatable bonds is 4. The molecule has 0 saturated heterocycles. The Bertz CT molecular complexity index is 339. The van der Waals surface area contributed by atoms with E-state index in [2.05, 4.69) is 10.2 Å². The fraction of sp³-hybridized carbons (Fsp3) is 0.444. The maximum Gasteiger partial charge on any atom is 0.237 e. The van der Waals surface area contributed by atoms with Crippen molar-refractivity contribution in [3.8, 4) is 11.8 Å². The van der Waals surface area contributed by atoms with Crippen LogP contribution >= 0.6 is 0 Å². The lowest BCUT2D eigenvalue weighted by Gasteiger charge is -2.05. The number of nitrogens with zero attached hydrogens (tertiary/aromatic N) is 2. The van der Waals surface area contributed by atoms with Crippen molar-refractivity contribution in [1.82, 2.24) is 10.2 Å². The molecule has 0 fully saturated rings. The van der Waals surface area contributed by atoms with Crippen LogP contribution in [0.1, 0.15) is 12.5 Å². The molecule has 1 aromatic rings. The highest BCUT2D eigenvalue weighted by Gasteiger charge is 2.09. The van der Waals surface area contributed by atoms with Crippen LogP contribution in [0.25, 0.3) is 0 Å². The van der Waals surface area contributed by atoms with Crippen molar-refractivity contribution in [2.24, 2.45) is 0 Å². The second-order valence-electron chi connectivity index (χ2n) is 2.80. The minimum atomic E-state index is 0.0401. The average Bonchev–Trinajstić information content (AvgIpc) is 2.16. The highest BCUT2D eigenvalue weighted by Crippen LogP contribution is 2.18. The van der Waals surface area contributed by atoms with Crippen molar-refractivity contribution in [2.75, 3.05) is 14.2 Å². The van der Waals surface area contributed by atoms with E-state index in [0.29, 0.717) is 17.3 Å². The molecule has 0 aliphatic heterocycles. The maximum absolute atomic E-state index is 10.9. The Kier molecular flexibility index (Phi) is 3.39. The summed E-state index contributed by atoms with van der Waals surface area (Å²) in [5.74, 6) is 0.779. The molecule has 5 nitrogen and oxygen atoms in total. The van der Waals surface area contributed by atoms with Crippen molar-refractivity contribution in [3.05, 3.63) is 11.6 Å². The number of carbonyl (C=O) groups excluding carboxylic acids is 1. The van der Waals surface area contributed by atoms with Gasteiger partial charge in [-0.05, 0) is 6.92 Å². The smallest absolute Gasteiger partial charge is 0.237 e. The van der Waals surface area contributed by atoms with Crippen LogP contribution in [0.4, 0.5) is 0 Å². The molecule has 5 heteroatoms. The molecule has 14 heavy (non-hydrogen) atoms. The van der Waals surface area contributed by atoms with Gasteiger partial charge >= 0.3 is 0 Å². The van der Waals surface area contributed by atoms with Gasteiger partial charge in [0.1, 0.15) is 5.78 Å². The standard InChI is InChI=1S/C9H12N2O3/c1-6(12)4-7-5-8(13-2)10-11-9(7)14-3/h5H,4H2,1-3H3. The summed E-state index contributed by atoms with van der Waals surface area (Å²) in [6.07, 6.45) is 0.273. The minimum Gasteiger partial charge on any atom is -0.480 e. The Morgan fingerprint density at radius 2 is 2.07 bits per heavy atom. The molecule has 0 aliphatic rings. The van der Waals surface area contributed by atoms with Crippen LogP contribution < -0.4 is 9.47 Å². The van der Waals surface area contributed by atoms with E-state index < -0.39 is 0 Å². The predicted molar refractivity (Wildman–Crippen MR) is 49.5 cm³/mol. The first kappa shape index (κ1) is 10.4. The van der Waals surface area contributed by atoms with E-state index >= 15 is 0 Å². The Labute approximate surface area is 82.1 Å². The Hall–Kier alpha value is -1.65. The summed E-state index contributed by atoms with van der Waals surface area (Å²) in [6, 6.07) is 1.65. The first-order valence-electron chi connectivity index (χ1n) is 4.11. The van der Waals surface area contributed by atoms with Gasteiger partial charge in [0.05, 0.1) is 14.2 Å². The molecule has 0 saturated carbocycles. The van der Waals surface area contributed by atoms with Gasteiger partial charge in [-0.1, -0.05) is 0 Å². The molecule has 0 atom stereocenters. The fourth-order valence-corrected chi connectivity index (χ4v) is 1.07. The quantitative estimate of drug-likeness (QED) is 0.706. The van der Waals surface area contributed by atoms with E-state index in [1.807, 2.05) is 0 Å². The first-order chi connectivity index (χ1) is 6.67. The SMILES string of the molecule is COc1cc(CC(C)=O)c(OC)nn1. The lowest BCUT2D eigenvalue weighted by Crippen LogP contribution is -2.03. The minimum absolute atomic E-state index is 0.0401. The van der Waals surface area contributed by atoms with Crippen LogP contribution in [0.15, 0.2) is 6.07 Å². The van der Waals surface area contributed by atoms with Crippen molar-refractivity contribution < 1.29 is 14.3 Å². The second-order valence-corrected chi connectivity index (χ2v) is 2.80. The monoisotopic (exact) mass is 196 g/mol. The van der Waals surface area contributed by atoms with Gasteiger partial charge in [-0.25, -0.2) is 0 Å². The number of ether oxygens (including phenoxy) is 2. The van der Waals surface area contributed by atoms with Crippen molar-refractivity contribution in [2.45, 2.75) is 13.3 Å². The number of ketones is 1. The zero-order valence-electron chi connectivity index (χ0n) is 8.40.